The SMILES string of the molecule is Cc1ccc(CC(N)C2CCC2)cc1C. The summed E-state index contributed by atoms with van der Waals surface area (Å²) in [6.07, 6.45) is 5.11. The second kappa shape index (κ2) is 4.36. The quantitative estimate of drug-likeness (QED) is 0.803. The minimum atomic E-state index is 0.376. The van der Waals surface area contributed by atoms with Crippen molar-refractivity contribution >= 4 is 0 Å². The van der Waals surface area contributed by atoms with Gasteiger partial charge < -0.3 is 5.73 Å². The first-order valence-corrected chi connectivity index (χ1v) is 5.98. The molecule has 2 rings (SSSR count). The van der Waals surface area contributed by atoms with Crippen LogP contribution in [0, 0.1) is 19.8 Å². The molecule has 0 spiro atoms. The fourth-order valence-corrected chi connectivity index (χ4v) is 2.24. The van der Waals surface area contributed by atoms with E-state index in [0.717, 1.165) is 12.3 Å². The predicted molar refractivity (Wildman–Crippen MR) is 64.9 cm³/mol. The van der Waals surface area contributed by atoms with E-state index in [1.165, 1.54) is 36.0 Å². The van der Waals surface area contributed by atoms with Crippen molar-refractivity contribution in [1.82, 2.24) is 0 Å². The molecular formula is C14H21N. The Balaban J connectivity index is 2.00. The number of benzene rings is 1. The molecule has 1 aromatic rings. The average Bonchev–Trinajstić information content (AvgIpc) is 2.08. The number of hydrogen-bond acceptors (Lipinski definition) is 1. The fraction of sp³-hybridized carbons (Fsp3) is 0.571. The van der Waals surface area contributed by atoms with Gasteiger partial charge in [-0.25, -0.2) is 0 Å². The van der Waals surface area contributed by atoms with E-state index < -0.39 is 0 Å². The van der Waals surface area contributed by atoms with Crippen molar-refractivity contribution in [2.45, 2.75) is 45.6 Å². The summed E-state index contributed by atoms with van der Waals surface area (Å²) >= 11 is 0. The minimum absolute atomic E-state index is 0.376. The van der Waals surface area contributed by atoms with E-state index in [-0.39, 0.29) is 0 Å². The Bertz CT molecular complexity index is 339. The zero-order valence-corrected chi connectivity index (χ0v) is 9.79. The Labute approximate surface area is 92.7 Å². The topological polar surface area (TPSA) is 26.0 Å². The van der Waals surface area contributed by atoms with Gasteiger partial charge in [-0.2, -0.15) is 0 Å². The molecule has 82 valence electrons. The lowest BCUT2D eigenvalue weighted by Gasteiger charge is -2.31. The van der Waals surface area contributed by atoms with E-state index in [4.69, 9.17) is 5.73 Å². The lowest BCUT2D eigenvalue weighted by Crippen LogP contribution is -2.36. The Morgan fingerprint density at radius 2 is 2.00 bits per heavy atom. The summed E-state index contributed by atoms with van der Waals surface area (Å²) in [5.74, 6) is 0.784. The highest BCUT2D eigenvalue weighted by atomic mass is 14.7. The first-order chi connectivity index (χ1) is 7.16. The molecule has 0 bridgehead atoms. The summed E-state index contributed by atoms with van der Waals surface area (Å²) in [6, 6.07) is 7.09. The van der Waals surface area contributed by atoms with E-state index in [9.17, 15) is 0 Å². The van der Waals surface area contributed by atoms with Gasteiger partial charge in [0.15, 0.2) is 0 Å². The molecule has 0 radical (unpaired) electrons. The molecule has 1 aliphatic rings. The molecule has 0 aliphatic heterocycles. The molecule has 1 nitrogen and oxygen atoms in total. The number of nitrogens with two attached hydrogens (primary N) is 1. The predicted octanol–water partition coefficient (Wildman–Crippen LogP) is 2.97. The number of hydrogen-bond donors (Lipinski definition) is 1. The Morgan fingerprint density at radius 3 is 2.53 bits per heavy atom. The van der Waals surface area contributed by atoms with Crippen LogP contribution in [0.4, 0.5) is 0 Å². The third-order valence-electron chi connectivity index (χ3n) is 3.80. The summed E-state index contributed by atoms with van der Waals surface area (Å²) in [6.45, 7) is 4.33. The van der Waals surface area contributed by atoms with Crippen molar-refractivity contribution < 1.29 is 0 Å². The average molecular weight is 203 g/mol. The summed E-state index contributed by atoms with van der Waals surface area (Å²) in [5.41, 5.74) is 10.4. The molecule has 1 unspecified atom stereocenters. The lowest BCUT2D eigenvalue weighted by atomic mass is 9.78. The van der Waals surface area contributed by atoms with E-state index in [0.29, 0.717) is 6.04 Å². The van der Waals surface area contributed by atoms with Crippen LogP contribution in [-0.4, -0.2) is 6.04 Å². The molecule has 0 heterocycles. The minimum Gasteiger partial charge on any atom is -0.327 e. The molecule has 1 fully saturated rings. The van der Waals surface area contributed by atoms with Crippen LogP contribution in [0.15, 0.2) is 18.2 Å². The third kappa shape index (κ3) is 2.40. The summed E-state index contributed by atoms with van der Waals surface area (Å²) in [5, 5.41) is 0. The van der Waals surface area contributed by atoms with E-state index in [2.05, 4.69) is 32.0 Å². The van der Waals surface area contributed by atoms with Gasteiger partial charge in [-0.05, 0) is 55.7 Å². The maximum atomic E-state index is 6.20. The van der Waals surface area contributed by atoms with Crippen LogP contribution in [-0.2, 0) is 6.42 Å². The molecule has 0 aromatic heterocycles. The van der Waals surface area contributed by atoms with E-state index in [1.54, 1.807) is 0 Å². The van der Waals surface area contributed by atoms with Crippen LogP contribution in [0.25, 0.3) is 0 Å². The molecule has 0 amide bonds. The normalized spacial score (nSPS) is 18.6. The molecule has 2 N–H and O–H groups in total. The molecule has 1 saturated carbocycles. The van der Waals surface area contributed by atoms with Gasteiger partial charge >= 0.3 is 0 Å². The fourth-order valence-electron chi connectivity index (χ4n) is 2.24. The molecule has 15 heavy (non-hydrogen) atoms. The number of aryl methyl sites for hydroxylation is 2. The maximum absolute atomic E-state index is 6.20. The van der Waals surface area contributed by atoms with Gasteiger partial charge in [0.1, 0.15) is 0 Å². The first kappa shape index (κ1) is 10.7. The molecule has 0 saturated heterocycles. The van der Waals surface area contributed by atoms with Crippen LogP contribution in [0.3, 0.4) is 0 Å². The molecule has 1 aromatic carbocycles. The maximum Gasteiger partial charge on any atom is 0.0108 e. The van der Waals surface area contributed by atoms with Crippen LogP contribution in [0.5, 0.6) is 0 Å². The Kier molecular flexibility index (Phi) is 3.11. The Hall–Kier alpha value is -0.820. The zero-order chi connectivity index (χ0) is 10.8. The van der Waals surface area contributed by atoms with Crippen molar-refractivity contribution in [3.8, 4) is 0 Å². The van der Waals surface area contributed by atoms with Gasteiger partial charge in [0.05, 0.1) is 0 Å². The van der Waals surface area contributed by atoms with Gasteiger partial charge in [0.25, 0.3) is 0 Å². The largest absolute Gasteiger partial charge is 0.327 e. The van der Waals surface area contributed by atoms with Crippen molar-refractivity contribution in [2.24, 2.45) is 11.7 Å². The molecule has 1 heteroatoms. The van der Waals surface area contributed by atoms with E-state index >= 15 is 0 Å². The van der Waals surface area contributed by atoms with Crippen LogP contribution < -0.4 is 5.73 Å². The van der Waals surface area contributed by atoms with Gasteiger partial charge in [-0.3, -0.25) is 0 Å². The van der Waals surface area contributed by atoms with Crippen molar-refractivity contribution in [3.05, 3.63) is 34.9 Å². The lowest BCUT2D eigenvalue weighted by molar-refractivity contribution is 0.260. The van der Waals surface area contributed by atoms with Crippen molar-refractivity contribution in [2.75, 3.05) is 0 Å². The third-order valence-corrected chi connectivity index (χ3v) is 3.80. The number of rotatable bonds is 3. The monoisotopic (exact) mass is 203 g/mol. The van der Waals surface area contributed by atoms with Crippen LogP contribution >= 0.6 is 0 Å². The highest BCUT2D eigenvalue weighted by molar-refractivity contribution is 5.30. The first-order valence-electron chi connectivity index (χ1n) is 5.98. The highest BCUT2D eigenvalue weighted by Gasteiger charge is 2.24. The second-order valence-electron chi connectivity index (χ2n) is 4.98. The van der Waals surface area contributed by atoms with E-state index in [1.807, 2.05) is 0 Å². The standard InChI is InChI=1S/C14H21N/c1-10-6-7-12(8-11(10)2)9-14(15)13-4-3-5-13/h6-8,13-14H,3-5,9,15H2,1-2H3. The summed E-state index contributed by atoms with van der Waals surface area (Å²) in [4.78, 5) is 0. The zero-order valence-electron chi connectivity index (χ0n) is 9.79. The van der Waals surface area contributed by atoms with Crippen molar-refractivity contribution in [3.63, 3.8) is 0 Å². The summed E-state index contributed by atoms with van der Waals surface area (Å²) < 4.78 is 0. The van der Waals surface area contributed by atoms with Crippen molar-refractivity contribution in [1.29, 1.82) is 0 Å². The molecular weight excluding hydrogens is 182 g/mol. The smallest absolute Gasteiger partial charge is 0.0108 e. The van der Waals surface area contributed by atoms with Crippen LogP contribution in [0.1, 0.15) is 36.0 Å². The Morgan fingerprint density at radius 1 is 1.27 bits per heavy atom. The molecule has 1 atom stereocenters. The van der Waals surface area contributed by atoms with Gasteiger partial charge in [0.2, 0.25) is 0 Å². The van der Waals surface area contributed by atoms with Gasteiger partial charge in [-0.1, -0.05) is 24.6 Å². The highest BCUT2D eigenvalue weighted by Crippen LogP contribution is 2.30. The second-order valence-corrected chi connectivity index (χ2v) is 4.98. The summed E-state index contributed by atoms with van der Waals surface area (Å²) in [7, 11) is 0. The van der Waals surface area contributed by atoms with Crippen LogP contribution in [0.2, 0.25) is 0 Å². The van der Waals surface area contributed by atoms with Gasteiger partial charge in [-0.15, -0.1) is 0 Å². The molecule has 1 aliphatic carbocycles. The van der Waals surface area contributed by atoms with Gasteiger partial charge in [0, 0.05) is 6.04 Å².